The maximum absolute atomic E-state index is 12.5. The molecule has 0 fully saturated rings. The van der Waals surface area contributed by atoms with Gasteiger partial charge in [-0.2, -0.15) is 5.10 Å². The van der Waals surface area contributed by atoms with Gasteiger partial charge in [-0.05, 0) is 54.5 Å². The molecule has 10 nitrogen and oxygen atoms in total. The highest BCUT2D eigenvalue weighted by atomic mass is 16.5. The number of rotatable bonds is 11. The number of nitrogens with two attached hydrogens (primary N) is 2. The van der Waals surface area contributed by atoms with Gasteiger partial charge in [0.05, 0.1) is 25.3 Å². The van der Waals surface area contributed by atoms with Crippen molar-refractivity contribution in [2.45, 2.75) is 32.1 Å². The maximum Gasteiger partial charge on any atom is 0.268 e. The zero-order valence-electron chi connectivity index (χ0n) is 20.0. The third-order valence-electron chi connectivity index (χ3n) is 5.51. The molecule has 10 heteroatoms. The minimum atomic E-state index is -0.371. The lowest BCUT2D eigenvalue weighted by atomic mass is 9.98. The van der Waals surface area contributed by atoms with Gasteiger partial charge in [0.25, 0.3) is 5.91 Å². The zero-order chi connectivity index (χ0) is 25.0. The van der Waals surface area contributed by atoms with Crippen LogP contribution in [0.3, 0.4) is 0 Å². The summed E-state index contributed by atoms with van der Waals surface area (Å²) in [6.07, 6.45) is 6.98. The third-order valence-corrected chi connectivity index (χ3v) is 5.51. The van der Waals surface area contributed by atoms with Gasteiger partial charge >= 0.3 is 0 Å². The van der Waals surface area contributed by atoms with E-state index < -0.39 is 0 Å². The van der Waals surface area contributed by atoms with Gasteiger partial charge in [-0.1, -0.05) is 30.3 Å². The lowest BCUT2D eigenvalue weighted by molar-refractivity contribution is -0.117. The Morgan fingerprint density at radius 3 is 2.77 bits per heavy atom. The lowest BCUT2D eigenvalue weighted by Gasteiger charge is -2.14. The molecule has 0 atom stereocenters. The summed E-state index contributed by atoms with van der Waals surface area (Å²) in [6, 6.07) is 11.6. The fraction of sp³-hybridized carbons (Fsp3) is 0.360. The van der Waals surface area contributed by atoms with Crippen LogP contribution in [-0.2, 0) is 27.2 Å². The molecule has 1 aromatic heterocycles. The second-order valence-electron chi connectivity index (χ2n) is 8.25. The maximum atomic E-state index is 12.5. The number of hydrogen-bond donors (Lipinski definition) is 4. The Labute approximate surface area is 205 Å². The molecule has 1 aromatic carbocycles. The quantitative estimate of drug-likeness (QED) is 0.164. The van der Waals surface area contributed by atoms with Gasteiger partial charge in [0.15, 0.2) is 5.82 Å². The van der Waals surface area contributed by atoms with E-state index in [9.17, 15) is 9.59 Å². The monoisotopic (exact) mass is 479 g/mol. The molecule has 6 N–H and O–H groups in total. The fourth-order valence-corrected chi connectivity index (χ4v) is 3.65. The molecule has 0 saturated carbocycles. The predicted molar refractivity (Wildman–Crippen MR) is 134 cm³/mol. The Kier molecular flexibility index (Phi) is 9.76. The molecule has 2 heterocycles. The van der Waals surface area contributed by atoms with Crippen molar-refractivity contribution in [2.24, 2.45) is 11.6 Å². The number of hydrazine groups is 1. The van der Waals surface area contributed by atoms with E-state index in [2.05, 4.69) is 39.0 Å². The van der Waals surface area contributed by atoms with Crippen molar-refractivity contribution in [3.8, 4) is 0 Å². The third kappa shape index (κ3) is 8.51. The SMILES string of the molecule is CNC(=O)/C(N)=C/N(N)CCCCc1ccc(NC(=O)Cc2cccc(C3=CCOCC3)c2)nn1. The molecular weight excluding hydrogens is 446 g/mol. The smallest absolute Gasteiger partial charge is 0.268 e. The Balaban J connectivity index is 1.42. The molecule has 1 aliphatic heterocycles. The molecule has 186 valence electrons. The number of unbranched alkanes of at least 4 members (excludes halogenated alkanes) is 1. The average Bonchev–Trinajstić information content (AvgIpc) is 2.87. The first-order valence-electron chi connectivity index (χ1n) is 11.6. The standard InChI is InChI=1S/C25H33N7O3/c1-28-25(34)22(26)17-32(27)12-3-2-7-21-8-9-23(31-30-21)29-24(33)16-18-5-4-6-20(15-18)19-10-13-35-14-11-19/h4-6,8-10,15,17H,2-3,7,11-14,16,26-27H2,1H3,(H,28,34)(H,29,31,33)/b22-17-. The van der Waals surface area contributed by atoms with E-state index in [-0.39, 0.29) is 23.9 Å². The van der Waals surface area contributed by atoms with Crippen molar-refractivity contribution in [3.05, 3.63) is 71.2 Å². The second kappa shape index (κ2) is 13.2. The first-order chi connectivity index (χ1) is 16.9. The van der Waals surface area contributed by atoms with E-state index in [1.807, 2.05) is 18.2 Å². The Morgan fingerprint density at radius 1 is 1.20 bits per heavy atom. The minimum absolute atomic E-state index is 0.0583. The molecular formula is C25H33N7O3. The van der Waals surface area contributed by atoms with E-state index in [1.165, 1.54) is 23.8 Å². The van der Waals surface area contributed by atoms with Crippen LogP contribution in [-0.4, -0.2) is 53.8 Å². The molecule has 3 rings (SSSR count). The molecule has 0 radical (unpaired) electrons. The number of benzene rings is 1. The largest absolute Gasteiger partial charge is 0.393 e. The zero-order valence-corrected chi connectivity index (χ0v) is 20.0. The van der Waals surface area contributed by atoms with Gasteiger partial charge in [-0.25, -0.2) is 5.84 Å². The number of nitrogens with one attached hydrogen (secondary N) is 2. The van der Waals surface area contributed by atoms with Crippen LogP contribution in [0.4, 0.5) is 5.82 Å². The summed E-state index contributed by atoms with van der Waals surface area (Å²) in [7, 11) is 1.51. The molecule has 0 spiro atoms. The number of carbonyl (C=O) groups is 2. The number of hydrogen-bond acceptors (Lipinski definition) is 8. The summed E-state index contributed by atoms with van der Waals surface area (Å²) in [5.74, 6) is 5.74. The summed E-state index contributed by atoms with van der Waals surface area (Å²) in [6.45, 7) is 1.90. The predicted octanol–water partition coefficient (Wildman–Crippen LogP) is 1.51. The van der Waals surface area contributed by atoms with Gasteiger partial charge in [0.1, 0.15) is 5.70 Å². The van der Waals surface area contributed by atoms with E-state index >= 15 is 0 Å². The number of carbonyl (C=O) groups excluding carboxylic acids is 2. The Bertz CT molecular complexity index is 1070. The van der Waals surface area contributed by atoms with Gasteiger partial charge in [-0.3, -0.25) is 9.59 Å². The van der Waals surface area contributed by atoms with Gasteiger partial charge in [0.2, 0.25) is 5.91 Å². The second-order valence-corrected chi connectivity index (χ2v) is 8.25. The number of aryl methyl sites for hydroxylation is 1. The fourth-order valence-electron chi connectivity index (χ4n) is 3.65. The van der Waals surface area contributed by atoms with Crippen LogP contribution in [0.2, 0.25) is 0 Å². The molecule has 0 saturated heterocycles. The van der Waals surface area contributed by atoms with E-state index in [0.717, 1.165) is 49.1 Å². The summed E-state index contributed by atoms with van der Waals surface area (Å²) in [5.41, 5.74) is 9.83. The molecule has 0 unspecified atom stereocenters. The number of anilines is 1. The van der Waals surface area contributed by atoms with Crippen LogP contribution < -0.4 is 22.2 Å². The van der Waals surface area contributed by atoms with Crippen LogP contribution in [0.5, 0.6) is 0 Å². The highest BCUT2D eigenvalue weighted by Gasteiger charge is 2.10. The first-order valence-corrected chi connectivity index (χ1v) is 11.6. The van der Waals surface area contributed by atoms with Gasteiger partial charge in [0, 0.05) is 19.8 Å². The molecule has 2 amide bonds. The molecule has 2 aromatic rings. The van der Waals surface area contributed by atoms with Crippen molar-refractivity contribution in [1.29, 1.82) is 0 Å². The molecule has 0 aliphatic carbocycles. The van der Waals surface area contributed by atoms with Crippen LogP contribution >= 0.6 is 0 Å². The minimum Gasteiger partial charge on any atom is -0.393 e. The van der Waals surface area contributed by atoms with E-state index in [4.69, 9.17) is 16.3 Å². The van der Waals surface area contributed by atoms with Crippen molar-refractivity contribution >= 4 is 23.2 Å². The van der Waals surface area contributed by atoms with Gasteiger partial charge in [-0.15, -0.1) is 5.10 Å². The number of nitrogens with zero attached hydrogens (tertiary/aromatic N) is 3. The normalized spacial score (nSPS) is 13.7. The summed E-state index contributed by atoms with van der Waals surface area (Å²) in [5, 5.41) is 15.0. The van der Waals surface area contributed by atoms with Crippen LogP contribution in [0.25, 0.3) is 5.57 Å². The average molecular weight is 480 g/mol. The molecule has 0 bridgehead atoms. The number of ether oxygens (including phenoxy) is 1. The highest BCUT2D eigenvalue weighted by molar-refractivity contribution is 5.92. The van der Waals surface area contributed by atoms with Crippen LogP contribution in [0, 0.1) is 0 Å². The van der Waals surface area contributed by atoms with E-state index in [0.29, 0.717) is 19.0 Å². The van der Waals surface area contributed by atoms with Crippen molar-refractivity contribution < 1.29 is 14.3 Å². The summed E-state index contributed by atoms with van der Waals surface area (Å²) in [4.78, 5) is 23.9. The number of amides is 2. The number of aromatic nitrogens is 2. The van der Waals surface area contributed by atoms with Crippen molar-refractivity contribution in [2.75, 3.05) is 32.1 Å². The van der Waals surface area contributed by atoms with Crippen molar-refractivity contribution in [3.63, 3.8) is 0 Å². The Morgan fingerprint density at radius 2 is 2.06 bits per heavy atom. The number of likely N-dealkylation sites (N-methyl/N-ethyl adjacent to an activating group) is 1. The first kappa shape index (κ1) is 25.9. The summed E-state index contributed by atoms with van der Waals surface area (Å²) >= 11 is 0. The van der Waals surface area contributed by atoms with Gasteiger partial charge < -0.3 is 26.1 Å². The van der Waals surface area contributed by atoms with Crippen molar-refractivity contribution in [1.82, 2.24) is 20.5 Å². The highest BCUT2D eigenvalue weighted by Crippen LogP contribution is 2.22. The van der Waals surface area contributed by atoms with E-state index in [1.54, 1.807) is 6.07 Å². The summed E-state index contributed by atoms with van der Waals surface area (Å²) < 4.78 is 5.37. The molecule has 35 heavy (non-hydrogen) atoms. The van der Waals surface area contributed by atoms with Crippen LogP contribution in [0.1, 0.15) is 36.1 Å². The molecule has 1 aliphatic rings. The van der Waals surface area contributed by atoms with Crippen LogP contribution in [0.15, 0.2) is 54.4 Å². The lowest BCUT2D eigenvalue weighted by Crippen LogP contribution is -2.32. The topological polar surface area (TPSA) is 148 Å². The Hall–Kier alpha value is -3.76.